The number of nitrogens with zero attached hydrogens (tertiary/aromatic N) is 2. The summed E-state index contributed by atoms with van der Waals surface area (Å²) >= 11 is 6.05. The molecule has 0 unspecified atom stereocenters. The average molecular weight is 369 g/mol. The Hall–Kier alpha value is -3.12. The van der Waals surface area contributed by atoms with Crippen molar-refractivity contribution in [3.8, 4) is 17.0 Å². The summed E-state index contributed by atoms with van der Waals surface area (Å²) in [6.07, 6.45) is 1.49. The molecule has 7 heteroatoms. The van der Waals surface area contributed by atoms with Gasteiger partial charge in [0, 0.05) is 35.3 Å². The third-order valence-electron chi connectivity index (χ3n) is 3.57. The highest BCUT2D eigenvalue weighted by atomic mass is 35.5. The summed E-state index contributed by atoms with van der Waals surface area (Å²) in [5, 5.41) is 6.58. The van der Waals surface area contributed by atoms with Crippen molar-refractivity contribution in [2.75, 3.05) is 17.7 Å². The molecule has 0 radical (unpaired) electrons. The lowest BCUT2D eigenvalue weighted by Crippen LogP contribution is -2.07. The Morgan fingerprint density at radius 1 is 1.12 bits per heavy atom. The molecule has 0 aliphatic rings. The minimum absolute atomic E-state index is 0.161. The van der Waals surface area contributed by atoms with E-state index in [0.29, 0.717) is 22.3 Å². The molecule has 0 aliphatic carbocycles. The van der Waals surface area contributed by atoms with Crippen LogP contribution >= 0.6 is 11.6 Å². The summed E-state index contributed by atoms with van der Waals surface area (Å²) in [4.78, 5) is 19.8. The minimum atomic E-state index is -0.161. The fraction of sp³-hybridized carbons (Fsp3) is 0.105. The van der Waals surface area contributed by atoms with E-state index >= 15 is 0 Å². The van der Waals surface area contributed by atoms with Crippen LogP contribution in [0.3, 0.4) is 0 Å². The highest BCUT2D eigenvalue weighted by Gasteiger charge is 2.08. The van der Waals surface area contributed by atoms with Crippen LogP contribution in [-0.4, -0.2) is 23.0 Å². The van der Waals surface area contributed by atoms with Gasteiger partial charge < -0.3 is 15.4 Å². The summed E-state index contributed by atoms with van der Waals surface area (Å²) in [5.41, 5.74) is 3.04. The predicted octanol–water partition coefficient (Wildman–Crippen LogP) is 4.51. The Bertz CT molecular complexity index is 946. The molecule has 0 saturated heterocycles. The van der Waals surface area contributed by atoms with Gasteiger partial charge in [-0.05, 0) is 24.3 Å². The first kappa shape index (κ1) is 17.7. The zero-order valence-corrected chi connectivity index (χ0v) is 15.0. The number of carbonyl (C=O) groups is 1. The van der Waals surface area contributed by atoms with Crippen LogP contribution < -0.4 is 15.4 Å². The van der Waals surface area contributed by atoms with Crippen molar-refractivity contribution in [2.24, 2.45) is 0 Å². The highest BCUT2D eigenvalue weighted by molar-refractivity contribution is 6.30. The topological polar surface area (TPSA) is 76.1 Å². The van der Waals surface area contributed by atoms with Crippen LogP contribution in [0.5, 0.6) is 5.75 Å². The molecule has 3 rings (SSSR count). The lowest BCUT2D eigenvalue weighted by Gasteiger charge is -2.12. The summed E-state index contributed by atoms with van der Waals surface area (Å²) in [6, 6.07) is 14.7. The van der Waals surface area contributed by atoms with Gasteiger partial charge in [0.25, 0.3) is 0 Å². The summed E-state index contributed by atoms with van der Waals surface area (Å²) in [6.45, 7) is 1.45. The number of carbonyl (C=O) groups excluding carboxylic acids is 1. The van der Waals surface area contributed by atoms with Crippen LogP contribution in [0.4, 0.5) is 17.2 Å². The van der Waals surface area contributed by atoms with Gasteiger partial charge in [-0.2, -0.15) is 0 Å². The van der Waals surface area contributed by atoms with E-state index in [9.17, 15) is 4.79 Å². The Kier molecular flexibility index (Phi) is 5.34. The number of rotatable bonds is 5. The van der Waals surface area contributed by atoms with Gasteiger partial charge in [0.15, 0.2) is 0 Å². The van der Waals surface area contributed by atoms with Gasteiger partial charge in [0.2, 0.25) is 5.91 Å². The maximum absolute atomic E-state index is 11.2. The summed E-state index contributed by atoms with van der Waals surface area (Å²) < 4.78 is 5.33. The largest absolute Gasteiger partial charge is 0.494 e. The number of hydrogen-bond acceptors (Lipinski definition) is 5. The van der Waals surface area contributed by atoms with Crippen LogP contribution in [0.25, 0.3) is 11.3 Å². The number of ether oxygens (including phenoxy) is 1. The molecule has 2 N–H and O–H groups in total. The molecule has 3 aromatic rings. The van der Waals surface area contributed by atoms with Crippen molar-refractivity contribution >= 4 is 34.7 Å². The molecular formula is C19H17ClN4O2. The number of amides is 1. The van der Waals surface area contributed by atoms with Crippen molar-refractivity contribution in [3.05, 3.63) is 59.9 Å². The van der Waals surface area contributed by atoms with Gasteiger partial charge >= 0.3 is 0 Å². The quantitative estimate of drug-likeness (QED) is 0.693. The number of aromatic nitrogens is 2. The molecule has 2 aromatic carbocycles. The van der Waals surface area contributed by atoms with Crippen LogP contribution in [0.15, 0.2) is 54.9 Å². The van der Waals surface area contributed by atoms with E-state index in [1.54, 1.807) is 19.2 Å². The maximum Gasteiger partial charge on any atom is 0.221 e. The zero-order valence-electron chi connectivity index (χ0n) is 14.3. The fourth-order valence-corrected chi connectivity index (χ4v) is 2.63. The van der Waals surface area contributed by atoms with Gasteiger partial charge in [-0.3, -0.25) is 4.79 Å². The molecule has 0 spiro atoms. The van der Waals surface area contributed by atoms with E-state index < -0.39 is 0 Å². The third-order valence-corrected chi connectivity index (χ3v) is 3.81. The second kappa shape index (κ2) is 7.84. The first-order chi connectivity index (χ1) is 12.5. The molecule has 1 heterocycles. The van der Waals surface area contributed by atoms with Crippen LogP contribution in [-0.2, 0) is 4.79 Å². The van der Waals surface area contributed by atoms with Crippen molar-refractivity contribution in [3.63, 3.8) is 0 Å². The molecule has 0 saturated carbocycles. The van der Waals surface area contributed by atoms with E-state index in [0.717, 1.165) is 16.9 Å². The number of methoxy groups -OCH3 is 1. The first-order valence-electron chi connectivity index (χ1n) is 7.86. The summed E-state index contributed by atoms with van der Waals surface area (Å²) in [5.74, 6) is 1.02. The number of anilines is 3. The Morgan fingerprint density at radius 2 is 1.96 bits per heavy atom. The molecule has 0 aliphatic heterocycles. The molecular weight excluding hydrogens is 352 g/mol. The highest BCUT2D eigenvalue weighted by Crippen LogP contribution is 2.30. The average Bonchev–Trinajstić information content (AvgIpc) is 2.63. The Morgan fingerprint density at radius 3 is 2.69 bits per heavy atom. The molecule has 0 atom stereocenters. The van der Waals surface area contributed by atoms with Crippen molar-refractivity contribution in [1.82, 2.24) is 9.97 Å². The number of nitrogens with one attached hydrogen (secondary N) is 2. The first-order valence-corrected chi connectivity index (χ1v) is 8.23. The van der Waals surface area contributed by atoms with E-state index in [2.05, 4.69) is 20.6 Å². The zero-order chi connectivity index (χ0) is 18.5. The van der Waals surface area contributed by atoms with Crippen molar-refractivity contribution in [1.29, 1.82) is 0 Å². The second-order valence-corrected chi connectivity index (χ2v) is 5.96. The monoisotopic (exact) mass is 368 g/mol. The van der Waals surface area contributed by atoms with E-state index in [-0.39, 0.29) is 5.91 Å². The van der Waals surface area contributed by atoms with Crippen molar-refractivity contribution in [2.45, 2.75) is 6.92 Å². The SMILES string of the molecule is COc1cc(Nc2cc(-c3cccc(Cl)c3)ncn2)ccc1NC(C)=O. The van der Waals surface area contributed by atoms with Gasteiger partial charge in [-0.1, -0.05) is 23.7 Å². The van der Waals surface area contributed by atoms with E-state index in [4.69, 9.17) is 16.3 Å². The van der Waals surface area contributed by atoms with Crippen LogP contribution in [0, 0.1) is 0 Å². The Labute approximate surface area is 156 Å². The van der Waals surface area contributed by atoms with Crippen LogP contribution in [0.2, 0.25) is 5.02 Å². The minimum Gasteiger partial charge on any atom is -0.494 e. The number of hydrogen-bond donors (Lipinski definition) is 2. The lowest BCUT2D eigenvalue weighted by molar-refractivity contribution is -0.114. The molecule has 1 aromatic heterocycles. The number of halogens is 1. The van der Waals surface area contributed by atoms with Gasteiger partial charge in [0.05, 0.1) is 18.5 Å². The molecule has 26 heavy (non-hydrogen) atoms. The molecule has 0 fully saturated rings. The van der Waals surface area contributed by atoms with E-state index in [1.807, 2.05) is 36.4 Å². The van der Waals surface area contributed by atoms with Gasteiger partial charge in [-0.15, -0.1) is 0 Å². The van der Waals surface area contributed by atoms with Crippen LogP contribution in [0.1, 0.15) is 6.92 Å². The Balaban J connectivity index is 1.85. The standard InChI is InChI=1S/C19H17ClN4O2/c1-12(25)23-16-7-6-15(9-18(16)26-2)24-19-10-17(21-11-22-19)13-4-3-5-14(20)8-13/h3-11H,1-2H3,(H,23,25)(H,21,22,24). The van der Waals surface area contributed by atoms with E-state index in [1.165, 1.54) is 13.3 Å². The molecule has 1 amide bonds. The molecule has 132 valence electrons. The molecule has 0 bridgehead atoms. The van der Waals surface area contributed by atoms with Crippen molar-refractivity contribution < 1.29 is 9.53 Å². The normalized spacial score (nSPS) is 10.3. The number of benzene rings is 2. The third kappa shape index (κ3) is 4.29. The second-order valence-electron chi connectivity index (χ2n) is 5.52. The smallest absolute Gasteiger partial charge is 0.221 e. The molecule has 6 nitrogen and oxygen atoms in total. The maximum atomic E-state index is 11.2. The van der Waals surface area contributed by atoms with Gasteiger partial charge in [0.1, 0.15) is 17.9 Å². The summed E-state index contributed by atoms with van der Waals surface area (Å²) in [7, 11) is 1.55. The predicted molar refractivity (Wildman–Crippen MR) is 103 cm³/mol. The lowest BCUT2D eigenvalue weighted by atomic mass is 10.1. The van der Waals surface area contributed by atoms with Gasteiger partial charge in [-0.25, -0.2) is 9.97 Å². The fourth-order valence-electron chi connectivity index (χ4n) is 2.44.